The number of sulfonamides is 1. The van der Waals surface area contributed by atoms with Gasteiger partial charge in [-0.25, -0.2) is 18.4 Å². The molecule has 1 aliphatic heterocycles. The zero-order valence-corrected chi connectivity index (χ0v) is 13.1. The Kier molecular flexibility index (Phi) is 4.24. The average molecular weight is 311 g/mol. The predicted molar refractivity (Wildman–Crippen MR) is 78.2 cm³/mol. The first-order valence-corrected chi connectivity index (χ1v) is 8.98. The number of hydrogen-bond acceptors (Lipinski definition) is 5. The molecule has 2 heterocycles. The Morgan fingerprint density at radius 1 is 1.33 bits per heavy atom. The number of aromatic nitrogens is 2. The molecule has 1 aliphatic carbocycles. The van der Waals surface area contributed by atoms with E-state index in [1.807, 2.05) is 6.92 Å². The predicted octanol–water partition coefficient (Wildman–Crippen LogP) is 1.43. The van der Waals surface area contributed by atoms with Gasteiger partial charge in [-0.1, -0.05) is 12.8 Å². The molecule has 7 heteroatoms. The summed E-state index contributed by atoms with van der Waals surface area (Å²) in [5.41, 5.74) is 0.758. The van der Waals surface area contributed by atoms with E-state index in [2.05, 4.69) is 9.97 Å². The summed E-state index contributed by atoms with van der Waals surface area (Å²) >= 11 is 0. The zero-order chi connectivity index (χ0) is 14.9. The Morgan fingerprint density at radius 3 is 2.81 bits per heavy atom. The van der Waals surface area contributed by atoms with E-state index >= 15 is 0 Å². The van der Waals surface area contributed by atoms with Crippen molar-refractivity contribution in [2.75, 3.05) is 19.7 Å². The van der Waals surface area contributed by atoms with E-state index < -0.39 is 10.0 Å². The highest BCUT2D eigenvalue weighted by molar-refractivity contribution is 7.89. The molecule has 1 atom stereocenters. The van der Waals surface area contributed by atoms with Gasteiger partial charge in [0.2, 0.25) is 10.0 Å². The van der Waals surface area contributed by atoms with E-state index in [1.54, 1.807) is 16.6 Å². The van der Waals surface area contributed by atoms with Crippen molar-refractivity contribution in [1.29, 1.82) is 0 Å². The van der Waals surface area contributed by atoms with Crippen molar-refractivity contribution in [3.63, 3.8) is 0 Å². The van der Waals surface area contributed by atoms with Crippen molar-refractivity contribution in [3.8, 4) is 0 Å². The van der Waals surface area contributed by atoms with Crippen molar-refractivity contribution in [2.45, 2.75) is 44.0 Å². The summed E-state index contributed by atoms with van der Waals surface area (Å²) in [5, 5.41) is -0.205. The Bertz CT molecular complexity index is 599. The minimum Gasteiger partial charge on any atom is -0.369 e. The Morgan fingerprint density at radius 2 is 2.10 bits per heavy atom. The molecular formula is C14H21N3O3S. The van der Waals surface area contributed by atoms with Crippen LogP contribution in [0.25, 0.3) is 0 Å². The lowest BCUT2D eigenvalue weighted by atomic mass is 10.2. The van der Waals surface area contributed by atoms with Crippen LogP contribution >= 0.6 is 0 Å². The third kappa shape index (κ3) is 3.09. The summed E-state index contributed by atoms with van der Waals surface area (Å²) in [4.78, 5) is 8.42. The number of aryl methyl sites for hydroxylation is 1. The van der Waals surface area contributed by atoms with Crippen LogP contribution in [0.15, 0.2) is 12.3 Å². The fourth-order valence-corrected chi connectivity index (χ4v) is 5.11. The summed E-state index contributed by atoms with van der Waals surface area (Å²) in [6.45, 7) is 3.04. The molecule has 0 N–H and O–H groups in total. The van der Waals surface area contributed by atoms with Gasteiger partial charge in [-0.3, -0.25) is 0 Å². The fraction of sp³-hybridized carbons (Fsp3) is 0.714. The normalized spacial score (nSPS) is 25.3. The van der Waals surface area contributed by atoms with Gasteiger partial charge in [0, 0.05) is 19.3 Å². The molecule has 1 aromatic rings. The maximum atomic E-state index is 12.7. The Balaban J connectivity index is 1.76. The molecule has 0 spiro atoms. The minimum atomic E-state index is -3.20. The van der Waals surface area contributed by atoms with E-state index in [4.69, 9.17) is 4.74 Å². The summed E-state index contributed by atoms with van der Waals surface area (Å²) in [5.74, 6) is 0.673. The highest BCUT2D eigenvalue weighted by Gasteiger charge is 2.37. The molecule has 1 aromatic heterocycles. The van der Waals surface area contributed by atoms with Gasteiger partial charge in [0.25, 0.3) is 0 Å². The molecule has 2 aliphatic rings. The first kappa shape index (κ1) is 14.9. The highest BCUT2D eigenvalue weighted by Crippen LogP contribution is 2.30. The smallest absolute Gasteiger partial charge is 0.217 e. The average Bonchev–Trinajstić information content (AvgIpc) is 3.02. The quantitative estimate of drug-likeness (QED) is 0.844. The van der Waals surface area contributed by atoms with Crippen LogP contribution in [0.1, 0.15) is 43.3 Å². The van der Waals surface area contributed by atoms with Gasteiger partial charge in [0.05, 0.1) is 17.6 Å². The van der Waals surface area contributed by atoms with Crippen LogP contribution in [0.2, 0.25) is 0 Å². The van der Waals surface area contributed by atoms with Crippen molar-refractivity contribution < 1.29 is 13.2 Å². The molecule has 0 bridgehead atoms. The monoisotopic (exact) mass is 311 g/mol. The first-order chi connectivity index (χ1) is 10.1. The largest absolute Gasteiger partial charge is 0.369 e. The van der Waals surface area contributed by atoms with Crippen LogP contribution in [0, 0.1) is 6.92 Å². The summed E-state index contributed by atoms with van der Waals surface area (Å²) in [6.07, 6.45) is 5.00. The third-order valence-corrected chi connectivity index (χ3v) is 6.61. The van der Waals surface area contributed by atoms with Gasteiger partial charge >= 0.3 is 0 Å². The van der Waals surface area contributed by atoms with Gasteiger partial charge in [-0.05, 0) is 25.8 Å². The van der Waals surface area contributed by atoms with Gasteiger partial charge in [0.1, 0.15) is 11.9 Å². The van der Waals surface area contributed by atoms with Gasteiger partial charge < -0.3 is 4.74 Å². The summed E-state index contributed by atoms with van der Waals surface area (Å²) in [7, 11) is -3.20. The number of hydrogen-bond donors (Lipinski definition) is 0. The Labute approximate surface area is 125 Å². The van der Waals surface area contributed by atoms with E-state index in [0.717, 1.165) is 31.4 Å². The number of morpholine rings is 1. The van der Waals surface area contributed by atoms with Crippen LogP contribution in [-0.4, -0.2) is 47.6 Å². The van der Waals surface area contributed by atoms with E-state index in [1.165, 1.54) is 0 Å². The molecule has 0 aromatic carbocycles. The molecule has 0 radical (unpaired) electrons. The molecule has 116 valence electrons. The number of ether oxygens (including phenoxy) is 1. The first-order valence-electron chi connectivity index (χ1n) is 7.47. The molecular weight excluding hydrogens is 290 g/mol. The van der Waals surface area contributed by atoms with Crippen molar-refractivity contribution in [1.82, 2.24) is 14.3 Å². The zero-order valence-electron chi connectivity index (χ0n) is 12.2. The van der Waals surface area contributed by atoms with Crippen LogP contribution in [0.5, 0.6) is 0 Å². The van der Waals surface area contributed by atoms with Crippen LogP contribution < -0.4 is 0 Å². The van der Waals surface area contributed by atoms with Gasteiger partial charge in [0.15, 0.2) is 0 Å². The molecule has 0 amide bonds. The maximum Gasteiger partial charge on any atom is 0.217 e. The Hall–Kier alpha value is -1.05. The number of rotatable bonds is 3. The van der Waals surface area contributed by atoms with Crippen LogP contribution in [0.3, 0.4) is 0 Å². The van der Waals surface area contributed by atoms with Crippen LogP contribution in [0.4, 0.5) is 0 Å². The SMILES string of the molecule is Cc1nccc([C@@H]2CN(S(=O)(=O)C3CCCC3)CCO2)n1. The van der Waals surface area contributed by atoms with Gasteiger partial charge in [-0.2, -0.15) is 4.31 Å². The molecule has 3 rings (SSSR count). The minimum absolute atomic E-state index is 0.205. The second-order valence-corrected chi connectivity index (χ2v) is 7.91. The molecule has 1 saturated heterocycles. The van der Waals surface area contributed by atoms with Crippen molar-refractivity contribution in [2.24, 2.45) is 0 Å². The molecule has 1 saturated carbocycles. The lowest BCUT2D eigenvalue weighted by Gasteiger charge is -2.33. The van der Waals surface area contributed by atoms with E-state index in [-0.39, 0.29) is 11.4 Å². The van der Waals surface area contributed by atoms with E-state index in [9.17, 15) is 8.42 Å². The summed E-state index contributed by atoms with van der Waals surface area (Å²) in [6, 6.07) is 1.79. The topological polar surface area (TPSA) is 72.4 Å². The molecule has 2 fully saturated rings. The maximum absolute atomic E-state index is 12.7. The second-order valence-electron chi connectivity index (χ2n) is 5.70. The van der Waals surface area contributed by atoms with Crippen molar-refractivity contribution >= 4 is 10.0 Å². The number of nitrogens with zero attached hydrogens (tertiary/aromatic N) is 3. The van der Waals surface area contributed by atoms with E-state index in [0.29, 0.717) is 25.5 Å². The molecule has 6 nitrogen and oxygen atoms in total. The lowest BCUT2D eigenvalue weighted by Crippen LogP contribution is -2.45. The van der Waals surface area contributed by atoms with Crippen molar-refractivity contribution in [3.05, 3.63) is 23.8 Å². The third-order valence-electron chi connectivity index (χ3n) is 4.24. The highest BCUT2D eigenvalue weighted by atomic mass is 32.2. The molecule has 21 heavy (non-hydrogen) atoms. The van der Waals surface area contributed by atoms with Gasteiger partial charge in [-0.15, -0.1) is 0 Å². The lowest BCUT2D eigenvalue weighted by molar-refractivity contribution is -0.00536. The van der Waals surface area contributed by atoms with Crippen LogP contribution in [-0.2, 0) is 14.8 Å². The summed E-state index contributed by atoms with van der Waals surface area (Å²) < 4.78 is 32.6. The standard InChI is InChI=1S/C14H21N3O3S/c1-11-15-7-6-13(16-11)14-10-17(8-9-20-14)21(18,19)12-4-2-3-5-12/h6-7,12,14H,2-5,8-10H2,1H3/t14-/m0/s1. The molecule has 0 unspecified atom stereocenters. The fourth-order valence-electron chi connectivity index (χ4n) is 3.09. The second kappa shape index (κ2) is 5.98.